The molecule has 1 aliphatic carbocycles. The molecule has 6 heteroatoms. The molecular formula is C14H22N4O2. The number of nitrogens with one attached hydrogen (secondary N) is 1. The zero-order valence-corrected chi connectivity index (χ0v) is 11.8. The molecule has 1 aromatic rings. The third kappa shape index (κ3) is 3.46. The van der Waals surface area contributed by atoms with Crippen molar-refractivity contribution in [3.63, 3.8) is 0 Å². The molecule has 0 unspecified atom stereocenters. The lowest BCUT2D eigenvalue weighted by Crippen LogP contribution is -2.32. The summed E-state index contributed by atoms with van der Waals surface area (Å²) >= 11 is 0. The smallest absolute Gasteiger partial charge is 0.293 e. The van der Waals surface area contributed by atoms with E-state index >= 15 is 0 Å². The highest BCUT2D eigenvalue weighted by Gasteiger charge is 2.20. The van der Waals surface area contributed by atoms with Crippen molar-refractivity contribution in [3.05, 3.63) is 33.9 Å². The van der Waals surface area contributed by atoms with Crippen LogP contribution in [0.15, 0.2) is 18.2 Å². The van der Waals surface area contributed by atoms with Crippen LogP contribution in [0.5, 0.6) is 0 Å². The number of nitrogen functional groups attached to an aromatic ring is 1. The van der Waals surface area contributed by atoms with E-state index in [2.05, 4.69) is 17.2 Å². The number of hydrogen-bond donors (Lipinski definition) is 2. The molecule has 1 aromatic carbocycles. The monoisotopic (exact) mass is 278 g/mol. The van der Waals surface area contributed by atoms with Gasteiger partial charge in [0.15, 0.2) is 0 Å². The van der Waals surface area contributed by atoms with E-state index in [1.807, 2.05) is 6.07 Å². The van der Waals surface area contributed by atoms with Gasteiger partial charge in [-0.15, -0.1) is 0 Å². The molecule has 110 valence electrons. The Bertz CT molecular complexity index is 474. The van der Waals surface area contributed by atoms with Gasteiger partial charge in [-0.25, -0.2) is 0 Å². The number of rotatable bonds is 7. The van der Waals surface area contributed by atoms with Crippen molar-refractivity contribution in [1.29, 1.82) is 0 Å². The van der Waals surface area contributed by atoms with E-state index in [-0.39, 0.29) is 5.69 Å². The molecule has 6 nitrogen and oxygen atoms in total. The van der Waals surface area contributed by atoms with Crippen LogP contribution in [0.25, 0.3) is 0 Å². The van der Waals surface area contributed by atoms with Gasteiger partial charge in [0.1, 0.15) is 5.69 Å². The maximum Gasteiger partial charge on any atom is 0.293 e. The third-order valence-corrected chi connectivity index (χ3v) is 4.01. The molecule has 0 aliphatic heterocycles. The quantitative estimate of drug-likeness (QED) is 0.455. The Kier molecular flexibility index (Phi) is 4.92. The van der Waals surface area contributed by atoms with Crippen molar-refractivity contribution in [2.24, 2.45) is 11.8 Å². The fraction of sp³-hybridized carbons (Fsp3) is 0.571. The van der Waals surface area contributed by atoms with Crippen molar-refractivity contribution in [2.75, 3.05) is 18.5 Å². The number of hydrogen-bond acceptors (Lipinski definition) is 5. The first-order valence-electron chi connectivity index (χ1n) is 7.10. The molecule has 20 heavy (non-hydrogen) atoms. The lowest BCUT2D eigenvalue weighted by molar-refractivity contribution is -0.384. The Hall–Kier alpha value is -1.66. The highest BCUT2D eigenvalue weighted by atomic mass is 16.6. The predicted molar refractivity (Wildman–Crippen MR) is 79.2 cm³/mol. The first-order valence-corrected chi connectivity index (χ1v) is 7.10. The molecule has 0 saturated heterocycles. The summed E-state index contributed by atoms with van der Waals surface area (Å²) in [6.07, 6.45) is 4.00. The van der Waals surface area contributed by atoms with E-state index in [0.29, 0.717) is 5.69 Å². The minimum absolute atomic E-state index is 0.0123. The number of nitrogens with two attached hydrogens (primary N) is 1. The van der Waals surface area contributed by atoms with E-state index < -0.39 is 4.92 Å². The molecular weight excluding hydrogens is 256 g/mol. The lowest BCUT2D eigenvalue weighted by atomic mass is 9.85. The van der Waals surface area contributed by atoms with Crippen LogP contribution < -0.4 is 11.3 Å². The molecule has 0 atom stereocenters. The Labute approximate surface area is 119 Å². The van der Waals surface area contributed by atoms with Gasteiger partial charge in [0, 0.05) is 19.2 Å². The van der Waals surface area contributed by atoms with Gasteiger partial charge in [-0.3, -0.25) is 20.9 Å². The number of hydrazine groups is 1. The van der Waals surface area contributed by atoms with Crippen molar-refractivity contribution >= 4 is 11.4 Å². The van der Waals surface area contributed by atoms with Crippen LogP contribution >= 0.6 is 0 Å². The molecule has 0 amide bonds. The molecule has 0 spiro atoms. The summed E-state index contributed by atoms with van der Waals surface area (Å²) in [4.78, 5) is 12.8. The second-order valence-corrected chi connectivity index (χ2v) is 5.38. The summed E-state index contributed by atoms with van der Waals surface area (Å²) in [6.45, 7) is 5.05. The van der Waals surface area contributed by atoms with Gasteiger partial charge >= 0.3 is 0 Å². The van der Waals surface area contributed by atoms with Crippen LogP contribution in [0.1, 0.15) is 31.7 Å². The standard InChI is InChI=1S/C14H22N4O2/c1-2-17(9-11-4-3-5-11)10-12-6-7-14(18(19)20)13(8-12)16-15/h6-8,11,16H,2-5,9-10,15H2,1H3. The number of nitro groups is 1. The number of nitrogens with zero attached hydrogens (tertiary/aromatic N) is 2. The molecule has 0 radical (unpaired) electrons. The molecule has 0 bridgehead atoms. The van der Waals surface area contributed by atoms with Crippen molar-refractivity contribution in [1.82, 2.24) is 4.90 Å². The Morgan fingerprint density at radius 2 is 2.25 bits per heavy atom. The fourth-order valence-corrected chi connectivity index (χ4v) is 2.56. The Morgan fingerprint density at radius 3 is 2.75 bits per heavy atom. The lowest BCUT2D eigenvalue weighted by Gasteiger charge is -2.31. The first kappa shape index (κ1) is 14.7. The average Bonchev–Trinajstić information content (AvgIpc) is 2.40. The minimum atomic E-state index is -0.426. The van der Waals surface area contributed by atoms with Crippen molar-refractivity contribution in [3.8, 4) is 0 Å². The summed E-state index contributed by atoms with van der Waals surface area (Å²) in [7, 11) is 0. The molecule has 2 rings (SSSR count). The molecule has 1 aliphatic rings. The number of nitro benzene ring substituents is 1. The van der Waals surface area contributed by atoms with Crippen molar-refractivity contribution < 1.29 is 4.92 Å². The third-order valence-electron chi connectivity index (χ3n) is 4.01. The van der Waals surface area contributed by atoms with Gasteiger partial charge in [-0.1, -0.05) is 19.4 Å². The Morgan fingerprint density at radius 1 is 1.50 bits per heavy atom. The van der Waals surface area contributed by atoms with Gasteiger partial charge in [0.25, 0.3) is 5.69 Å². The Balaban J connectivity index is 2.05. The first-order chi connectivity index (χ1) is 9.63. The fourth-order valence-electron chi connectivity index (χ4n) is 2.56. The zero-order chi connectivity index (χ0) is 14.5. The maximum absolute atomic E-state index is 10.9. The number of benzene rings is 1. The summed E-state index contributed by atoms with van der Waals surface area (Å²) in [6, 6.07) is 5.09. The van der Waals surface area contributed by atoms with Gasteiger partial charge in [-0.05, 0) is 36.9 Å². The van der Waals surface area contributed by atoms with Crippen LogP contribution in [-0.2, 0) is 6.54 Å². The SMILES string of the molecule is CCN(Cc1ccc([N+](=O)[O-])c(NN)c1)CC1CCC1. The maximum atomic E-state index is 10.9. The van der Waals surface area contributed by atoms with Crippen LogP contribution in [0.2, 0.25) is 0 Å². The van der Waals surface area contributed by atoms with Gasteiger partial charge in [0.05, 0.1) is 4.92 Å². The minimum Gasteiger partial charge on any atom is -0.318 e. The van der Waals surface area contributed by atoms with Gasteiger partial charge in [0.2, 0.25) is 0 Å². The van der Waals surface area contributed by atoms with E-state index in [0.717, 1.165) is 31.1 Å². The zero-order valence-electron chi connectivity index (χ0n) is 11.8. The predicted octanol–water partition coefficient (Wildman–Crippen LogP) is 2.50. The largest absolute Gasteiger partial charge is 0.318 e. The average molecular weight is 278 g/mol. The molecule has 0 aromatic heterocycles. The molecule has 1 fully saturated rings. The molecule has 1 saturated carbocycles. The van der Waals surface area contributed by atoms with Crippen molar-refractivity contribution in [2.45, 2.75) is 32.7 Å². The second-order valence-electron chi connectivity index (χ2n) is 5.38. The summed E-state index contributed by atoms with van der Waals surface area (Å²) in [5.41, 5.74) is 3.84. The van der Waals surface area contributed by atoms with E-state index in [9.17, 15) is 10.1 Å². The number of anilines is 1. The molecule has 3 N–H and O–H groups in total. The van der Waals surface area contributed by atoms with Gasteiger partial charge < -0.3 is 5.43 Å². The van der Waals surface area contributed by atoms with Crippen LogP contribution in [0, 0.1) is 16.0 Å². The highest BCUT2D eigenvalue weighted by molar-refractivity contribution is 5.62. The topological polar surface area (TPSA) is 84.4 Å². The summed E-state index contributed by atoms with van der Waals surface area (Å²) in [5, 5.41) is 10.9. The highest BCUT2D eigenvalue weighted by Crippen LogP contribution is 2.28. The summed E-state index contributed by atoms with van der Waals surface area (Å²) < 4.78 is 0. The van der Waals surface area contributed by atoms with Crippen LogP contribution in [0.3, 0.4) is 0 Å². The van der Waals surface area contributed by atoms with E-state index in [1.165, 1.54) is 25.3 Å². The van der Waals surface area contributed by atoms with E-state index in [4.69, 9.17) is 5.84 Å². The normalized spacial score (nSPS) is 15.2. The second kappa shape index (κ2) is 6.67. The van der Waals surface area contributed by atoms with Crippen LogP contribution in [-0.4, -0.2) is 22.9 Å². The van der Waals surface area contributed by atoms with E-state index in [1.54, 1.807) is 6.07 Å². The summed E-state index contributed by atoms with van der Waals surface area (Å²) in [5.74, 6) is 6.18. The van der Waals surface area contributed by atoms with Gasteiger partial charge in [-0.2, -0.15) is 0 Å². The van der Waals surface area contributed by atoms with Crippen LogP contribution in [0.4, 0.5) is 11.4 Å². The molecule has 0 heterocycles.